The Morgan fingerprint density at radius 3 is 2.79 bits per heavy atom. The van der Waals surface area contributed by atoms with Crippen molar-refractivity contribution in [3.05, 3.63) is 29.3 Å². The monoisotopic (exact) mass is 262 g/mol. The molecule has 2 N–H and O–H groups in total. The summed E-state index contributed by atoms with van der Waals surface area (Å²) < 4.78 is 0. The number of phenolic OH excluding ortho intramolecular Hbond substituents is 1. The molecule has 104 valence electrons. The van der Waals surface area contributed by atoms with E-state index in [1.807, 2.05) is 0 Å². The van der Waals surface area contributed by atoms with E-state index in [9.17, 15) is 9.90 Å². The van der Waals surface area contributed by atoms with Crippen LogP contribution >= 0.6 is 0 Å². The Kier molecular flexibility index (Phi) is 4.43. The Morgan fingerprint density at radius 2 is 2.11 bits per heavy atom. The Labute approximate surface area is 114 Å². The predicted molar refractivity (Wildman–Crippen MR) is 75.4 cm³/mol. The van der Waals surface area contributed by atoms with Crippen molar-refractivity contribution in [1.82, 2.24) is 10.2 Å². The first kappa shape index (κ1) is 13.9. The summed E-state index contributed by atoms with van der Waals surface area (Å²) in [5, 5.41) is 12.6. The molecule has 4 heteroatoms. The number of benzene rings is 1. The molecule has 0 radical (unpaired) electrons. The van der Waals surface area contributed by atoms with Gasteiger partial charge in [-0.1, -0.05) is 6.07 Å². The van der Waals surface area contributed by atoms with Crippen LogP contribution in [0.2, 0.25) is 0 Å². The quantitative estimate of drug-likeness (QED) is 0.871. The third-order valence-corrected chi connectivity index (χ3v) is 3.87. The lowest BCUT2D eigenvalue weighted by Gasteiger charge is -2.24. The Balaban J connectivity index is 1.92. The summed E-state index contributed by atoms with van der Waals surface area (Å²) >= 11 is 0. The maximum Gasteiger partial charge on any atom is 0.251 e. The Bertz CT molecular complexity index is 453. The van der Waals surface area contributed by atoms with Crippen LogP contribution in [-0.4, -0.2) is 41.6 Å². The summed E-state index contributed by atoms with van der Waals surface area (Å²) in [6.45, 7) is 6.80. The van der Waals surface area contributed by atoms with E-state index in [4.69, 9.17) is 0 Å². The van der Waals surface area contributed by atoms with Crippen LogP contribution in [0.1, 0.15) is 35.7 Å². The fraction of sp³-hybridized carbons (Fsp3) is 0.533. The maximum atomic E-state index is 12.1. The van der Waals surface area contributed by atoms with Gasteiger partial charge in [0.25, 0.3) is 5.91 Å². The number of nitrogens with zero attached hydrogens (tertiary/aromatic N) is 1. The molecule has 0 bridgehead atoms. The predicted octanol–water partition coefficient (Wildman–Crippen LogP) is 1.91. The van der Waals surface area contributed by atoms with Crippen LogP contribution < -0.4 is 5.32 Å². The van der Waals surface area contributed by atoms with Crippen LogP contribution in [0.15, 0.2) is 18.2 Å². The number of amides is 1. The molecule has 0 saturated carbocycles. The molecule has 1 aromatic rings. The molecule has 0 aromatic heterocycles. The maximum absolute atomic E-state index is 12.1. The van der Waals surface area contributed by atoms with E-state index in [0.29, 0.717) is 23.7 Å². The smallest absolute Gasteiger partial charge is 0.251 e. The van der Waals surface area contributed by atoms with Gasteiger partial charge < -0.3 is 10.4 Å². The van der Waals surface area contributed by atoms with Crippen molar-refractivity contribution in [2.24, 2.45) is 0 Å². The van der Waals surface area contributed by atoms with E-state index in [-0.39, 0.29) is 11.7 Å². The summed E-state index contributed by atoms with van der Waals surface area (Å²) in [7, 11) is 0. The van der Waals surface area contributed by atoms with Gasteiger partial charge in [-0.05, 0) is 51.9 Å². The molecule has 1 aliphatic rings. The topological polar surface area (TPSA) is 52.6 Å². The average Bonchev–Trinajstić information content (AvgIpc) is 2.93. The number of aromatic hydroxyl groups is 1. The lowest BCUT2D eigenvalue weighted by Crippen LogP contribution is -2.40. The molecule has 19 heavy (non-hydrogen) atoms. The van der Waals surface area contributed by atoms with E-state index in [1.54, 1.807) is 25.1 Å². The first-order valence-corrected chi connectivity index (χ1v) is 6.90. The molecule has 0 aliphatic carbocycles. The first-order valence-electron chi connectivity index (χ1n) is 6.90. The van der Waals surface area contributed by atoms with Crippen molar-refractivity contribution in [1.29, 1.82) is 0 Å². The minimum Gasteiger partial charge on any atom is -0.508 e. The van der Waals surface area contributed by atoms with Crippen molar-refractivity contribution in [2.45, 2.75) is 32.7 Å². The van der Waals surface area contributed by atoms with Crippen LogP contribution in [0.25, 0.3) is 0 Å². The molecule has 0 spiro atoms. The highest BCUT2D eigenvalue weighted by Gasteiger charge is 2.19. The highest BCUT2D eigenvalue weighted by Crippen LogP contribution is 2.19. The normalized spacial score (nSPS) is 17.4. The van der Waals surface area contributed by atoms with Crippen LogP contribution in [0.5, 0.6) is 5.75 Å². The molecule has 1 fully saturated rings. The van der Waals surface area contributed by atoms with Crippen LogP contribution in [0, 0.1) is 6.92 Å². The number of phenols is 1. The number of hydrogen-bond acceptors (Lipinski definition) is 3. The van der Waals surface area contributed by atoms with Crippen LogP contribution in [-0.2, 0) is 0 Å². The highest BCUT2D eigenvalue weighted by molar-refractivity contribution is 5.96. The zero-order valence-electron chi connectivity index (χ0n) is 11.6. The van der Waals surface area contributed by atoms with Gasteiger partial charge in [0.2, 0.25) is 0 Å². The summed E-state index contributed by atoms with van der Waals surface area (Å²) in [6, 6.07) is 5.40. The molecular formula is C15H22N2O2. The summed E-state index contributed by atoms with van der Waals surface area (Å²) in [6.07, 6.45) is 2.51. The van der Waals surface area contributed by atoms with Gasteiger partial charge >= 0.3 is 0 Å². The molecule has 1 aromatic carbocycles. The zero-order valence-corrected chi connectivity index (χ0v) is 11.6. The van der Waals surface area contributed by atoms with Gasteiger partial charge in [-0.2, -0.15) is 0 Å². The van der Waals surface area contributed by atoms with Crippen molar-refractivity contribution in [2.75, 3.05) is 19.6 Å². The average molecular weight is 262 g/mol. The summed E-state index contributed by atoms with van der Waals surface area (Å²) in [5.41, 5.74) is 1.18. The van der Waals surface area contributed by atoms with Crippen molar-refractivity contribution in [3.63, 3.8) is 0 Å². The third kappa shape index (κ3) is 3.26. The van der Waals surface area contributed by atoms with Crippen LogP contribution in [0.4, 0.5) is 0 Å². The largest absolute Gasteiger partial charge is 0.508 e. The molecule has 2 rings (SSSR count). The van der Waals surface area contributed by atoms with Gasteiger partial charge in [0.15, 0.2) is 0 Å². The van der Waals surface area contributed by atoms with E-state index in [0.717, 1.165) is 13.1 Å². The fourth-order valence-electron chi connectivity index (χ4n) is 2.52. The number of rotatable bonds is 4. The summed E-state index contributed by atoms with van der Waals surface area (Å²) in [4.78, 5) is 14.5. The molecule has 4 nitrogen and oxygen atoms in total. The number of likely N-dealkylation sites (tertiary alicyclic amines) is 1. The second-order valence-electron chi connectivity index (χ2n) is 5.25. The van der Waals surface area contributed by atoms with Gasteiger partial charge in [-0.25, -0.2) is 0 Å². The molecule has 1 unspecified atom stereocenters. The number of carbonyl (C=O) groups excluding carboxylic acids is 1. The minimum atomic E-state index is -0.112. The number of nitrogens with one attached hydrogen (secondary N) is 1. The lowest BCUT2D eigenvalue weighted by atomic mass is 10.1. The SMILES string of the molecule is Cc1c(O)cccc1C(=O)NCC(C)N1CCCC1. The van der Waals surface area contributed by atoms with Gasteiger partial charge in [0.05, 0.1) is 0 Å². The van der Waals surface area contributed by atoms with Gasteiger partial charge in [-0.15, -0.1) is 0 Å². The molecular weight excluding hydrogens is 240 g/mol. The summed E-state index contributed by atoms with van der Waals surface area (Å²) in [5.74, 6) is 0.0553. The second-order valence-corrected chi connectivity index (χ2v) is 5.25. The van der Waals surface area contributed by atoms with Gasteiger partial charge in [0.1, 0.15) is 5.75 Å². The molecule has 1 atom stereocenters. The fourth-order valence-corrected chi connectivity index (χ4v) is 2.52. The minimum absolute atomic E-state index is 0.112. The molecule has 1 saturated heterocycles. The zero-order chi connectivity index (χ0) is 13.8. The third-order valence-electron chi connectivity index (χ3n) is 3.87. The van der Waals surface area contributed by atoms with Gasteiger partial charge in [-0.3, -0.25) is 9.69 Å². The number of carbonyl (C=O) groups is 1. The van der Waals surface area contributed by atoms with E-state index in [2.05, 4.69) is 17.1 Å². The Hall–Kier alpha value is -1.55. The first-order chi connectivity index (χ1) is 9.09. The van der Waals surface area contributed by atoms with E-state index >= 15 is 0 Å². The van der Waals surface area contributed by atoms with Crippen molar-refractivity contribution >= 4 is 5.91 Å². The Morgan fingerprint density at radius 1 is 1.42 bits per heavy atom. The standard InChI is InChI=1S/C15H22N2O2/c1-11(17-8-3-4-9-17)10-16-15(19)13-6-5-7-14(18)12(13)2/h5-7,11,18H,3-4,8-10H2,1-2H3,(H,16,19). The molecule has 1 aliphatic heterocycles. The second kappa shape index (κ2) is 6.06. The molecule has 1 heterocycles. The van der Waals surface area contributed by atoms with E-state index < -0.39 is 0 Å². The van der Waals surface area contributed by atoms with E-state index in [1.165, 1.54) is 12.8 Å². The van der Waals surface area contributed by atoms with Crippen molar-refractivity contribution in [3.8, 4) is 5.75 Å². The van der Waals surface area contributed by atoms with Crippen LogP contribution in [0.3, 0.4) is 0 Å². The molecule has 1 amide bonds. The number of hydrogen-bond donors (Lipinski definition) is 2. The highest BCUT2D eigenvalue weighted by atomic mass is 16.3. The lowest BCUT2D eigenvalue weighted by molar-refractivity contribution is 0.0939. The van der Waals surface area contributed by atoms with Crippen molar-refractivity contribution < 1.29 is 9.90 Å². The van der Waals surface area contributed by atoms with Gasteiger partial charge in [0, 0.05) is 23.7 Å².